The van der Waals surface area contributed by atoms with Crippen LogP contribution in [0.1, 0.15) is 32.6 Å². The molecule has 1 amide bonds. The van der Waals surface area contributed by atoms with Gasteiger partial charge in [0.05, 0.1) is 4.90 Å². The van der Waals surface area contributed by atoms with Crippen molar-refractivity contribution in [1.82, 2.24) is 5.32 Å². The molecule has 0 heterocycles. The third-order valence-electron chi connectivity index (χ3n) is 3.80. The topological polar surface area (TPSA) is 89.3 Å². The number of sulfone groups is 1. The third-order valence-corrected chi connectivity index (χ3v) is 6.83. The van der Waals surface area contributed by atoms with Gasteiger partial charge in [-0.05, 0) is 53.9 Å². The van der Waals surface area contributed by atoms with Crippen LogP contribution in [0.3, 0.4) is 0 Å². The minimum atomic E-state index is -3.74. The van der Waals surface area contributed by atoms with Crippen molar-refractivity contribution in [2.45, 2.75) is 48.8 Å². The monoisotopic (exact) mass is 374 g/mol. The minimum Gasteiger partial charge on any atom is -0.399 e. The molecule has 116 valence electrons. The maximum absolute atomic E-state index is 12.5. The molecule has 3 N–H and O–H groups in total. The van der Waals surface area contributed by atoms with Crippen molar-refractivity contribution in [1.29, 1.82) is 0 Å². The Kier molecular flexibility index (Phi) is 4.93. The summed E-state index contributed by atoms with van der Waals surface area (Å²) in [6.45, 7) is 1.42. The van der Waals surface area contributed by atoms with Crippen LogP contribution >= 0.6 is 15.9 Å². The fourth-order valence-corrected chi connectivity index (χ4v) is 4.86. The van der Waals surface area contributed by atoms with Gasteiger partial charge in [0.1, 0.15) is 5.25 Å². The number of amides is 1. The van der Waals surface area contributed by atoms with Crippen LogP contribution in [0.5, 0.6) is 0 Å². The number of benzene rings is 1. The summed E-state index contributed by atoms with van der Waals surface area (Å²) in [7, 11) is -3.74. The van der Waals surface area contributed by atoms with Gasteiger partial charge in [-0.3, -0.25) is 4.79 Å². The normalized spacial score (nSPS) is 17.6. The fourth-order valence-electron chi connectivity index (χ4n) is 2.47. The molecule has 7 heteroatoms. The molecule has 1 saturated carbocycles. The van der Waals surface area contributed by atoms with Gasteiger partial charge in [0.15, 0.2) is 9.84 Å². The Morgan fingerprint density at radius 1 is 1.38 bits per heavy atom. The second-order valence-corrected chi connectivity index (χ2v) is 8.46. The van der Waals surface area contributed by atoms with E-state index in [-0.39, 0.29) is 10.9 Å². The lowest BCUT2D eigenvalue weighted by Gasteiger charge is -2.17. The van der Waals surface area contributed by atoms with Crippen molar-refractivity contribution in [3.63, 3.8) is 0 Å². The zero-order valence-electron chi connectivity index (χ0n) is 11.8. The molecule has 1 fully saturated rings. The first-order valence-electron chi connectivity index (χ1n) is 6.91. The van der Waals surface area contributed by atoms with E-state index >= 15 is 0 Å². The summed E-state index contributed by atoms with van der Waals surface area (Å²) >= 11 is 3.20. The highest BCUT2D eigenvalue weighted by Crippen LogP contribution is 2.27. The third kappa shape index (κ3) is 3.58. The molecule has 0 aromatic heterocycles. The maximum Gasteiger partial charge on any atom is 0.238 e. The Morgan fingerprint density at radius 3 is 2.57 bits per heavy atom. The van der Waals surface area contributed by atoms with Crippen LogP contribution in [0.2, 0.25) is 0 Å². The smallest absolute Gasteiger partial charge is 0.238 e. The van der Waals surface area contributed by atoms with Crippen molar-refractivity contribution >= 4 is 37.4 Å². The fraction of sp³-hybridized carbons (Fsp3) is 0.500. The first kappa shape index (κ1) is 16.3. The van der Waals surface area contributed by atoms with Gasteiger partial charge in [0, 0.05) is 16.2 Å². The highest BCUT2D eigenvalue weighted by Gasteiger charge is 2.32. The number of anilines is 1. The summed E-state index contributed by atoms with van der Waals surface area (Å²) < 4.78 is 25.5. The van der Waals surface area contributed by atoms with E-state index in [1.807, 2.05) is 0 Å². The molecule has 0 bridgehead atoms. The van der Waals surface area contributed by atoms with Gasteiger partial charge in [-0.25, -0.2) is 8.42 Å². The highest BCUT2D eigenvalue weighted by atomic mass is 79.9. The largest absolute Gasteiger partial charge is 0.399 e. The zero-order chi connectivity index (χ0) is 15.6. The lowest BCUT2D eigenvalue weighted by Crippen LogP contribution is -2.42. The van der Waals surface area contributed by atoms with Gasteiger partial charge < -0.3 is 11.1 Å². The van der Waals surface area contributed by atoms with Crippen LogP contribution in [0, 0.1) is 0 Å². The van der Waals surface area contributed by atoms with Gasteiger partial charge in [-0.1, -0.05) is 12.8 Å². The van der Waals surface area contributed by atoms with Gasteiger partial charge >= 0.3 is 0 Å². The number of carbonyl (C=O) groups is 1. The second-order valence-electron chi connectivity index (χ2n) is 5.37. The molecule has 0 saturated heterocycles. The standard InChI is InChI=1S/C14H19BrN2O3S/c1-9(14(18)17-11-4-2-3-5-11)21(19,20)13-7-6-10(16)8-12(13)15/h6-9,11H,2-5,16H2,1H3,(H,17,18). The lowest BCUT2D eigenvalue weighted by atomic mass is 10.2. The van der Waals surface area contributed by atoms with E-state index < -0.39 is 21.0 Å². The molecule has 0 aliphatic heterocycles. The molecule has 1 atom stereocenters. The molecule has 21 heavy (non-hydrogen) atoms. The maximum atomic E-state index is 12.5. The molecular weight excluding hydrogens is 356 g/mol. The molecule has 1 aromatic carbocycles. The zero-order valence-corrected chi connectivity index (χ0v) is 14.2. The predicted octanol–water partition coefficient (Wildman–Crippen LogP) is 2.25. The Hall–Kier alpha value is -1.08. The van der Waals surface area contributed by atoms with E-state index in [1.165, 1.54) is 25.1 Å². The Morgan fingerprint density at radius 2 is 2.00 bits per heavy atom. The van der Waals surface area contributed by atoms with Gasteiger partial charge in [0.2, 0.25) is 5.91 Å². The highest BCUT2D eigenvalue weighted by molar-refractivity contribution is 9.10. The van der Waals surface area contributed by atoms with Gasteiger partial charge in [-0.2, -0.15) is 0 Å². The number of carbonyl (C=O) groups excluding carboxylic acids is 1. The van der Waals surface area contributed by atoms with Crippen LogP contribution in [0.15, 0.2) is 27.6 Å². The molecule has 1 unspecified atom stereocenters. The van der Waals surface area contributed by atoms with Crippen LogP contribution in [0.25, 0.3) is 0 Å². The first-order valence-corrected chi connectivity index (χ1v) is 9.25. The quantitative estimate of drug-likeness (QED) is 0.790. The minimum absolute atomic E-state index is 0.0887. The molecular formula is C14H19BrN2O3S. The molecule has 2 rings (SSSR count). The van der Waals surface area contributed by atoms with Crippen molar-refractivity contribution in [2.75, 3.05) is 5.73 Å². The van der Waals surface area contributed by atoms with Crippen LogP contribution in [-0.2, 0) is 14.6 Å². The Labute approximate surface area is 133 Å². The van der Waals surface area contributed by atoms with E-state index in [9.17, 15) is 13.2 Å². The Bertz CT molecular complexity index is 640. The van der Waals surface area contributed by atoms with Crippen molar-refractivity contribution in [3.8, 4) is 0 Å². The predicted molar refractivity (Wildman–Crippen MR) is 85.6 cm³/mol. The van der Waals surface area contributed by atoms with E-state index in [2.05, 4.69) is 21.2 Å². The second kappa shape index (κ2) is 6.36. The number of hydrogen-bond acceptors (Lipinski definition) is 4. The summed E-state index contributed by atoms with van der Waals surface area (Å²) in [5.41, 5.74) is 6.07. The molecule has 0 radical (unpaired) electrons. The van der Waals surface area contributed by atoms with E-state index in [4.69, 9.17) is 5.73 Å². The average molecular weight is 375 g/mol. The first-order chi connectivity index (χ1) is 9.82. The number of rotatable bonds is 4. The molecule has 1 aliphatic carbocycles. The number of nitrogen functional groups attached to an aromatic ring is 1. The van der Waals surface area contributed by atoms with Gasteiger partial charge in [-0.15, -0.1) is 0 Å². The summed E-state index contributed by atoms with van der Waals surface area (Å²) in [4.78, 5) is 12.3. The van der Waals surface area contributed by atoms with Crippen molar-refractivity contribution < 1.29 is 13.2 Å². The van der Waals surface area contributed by atoms with Gasteiger partial charge in [0.25, 0.3) is 0 Å². The van der Waals surface area contributed by atoms with Crippen molar-refractivity contribution in [3.05, 3.63) is 22.7 Å². The van der Waals surface area contributed by atoms with Crippen molar-refractivity contribution in [2.24, 2.45) is 0 Å². The Balaban J connectivity index is 2.19. The van der Waals surface area contributed by atoms with Crippen LogP contribution in [0.4, 0.5) is 5.69 Å². The van der Waals surface area contributed by atoms with E-state index in [1.54, 1.807) is 0 Å². The molecule has 5 nitrogen and oxygen atoms in total. The van der Waals surface area contributed by atoms with E-state index in [0.717, 1.165) is 25.7 Å². The average Bonchev–Trinajstić information content (AvgIpc) is 2.90. The molecule has 1 aliphatic rings. The van der Waals surface area contributed by atoms with Crippen LogP contribution in [-0.4, -0.2) is 25.6 Å². The summed E-state index contributed by atoms with van der Waals surface area (Å²) in [6.07, 6.45) is 4.00. The summed E-state index contributed by atoms with van der Waals surface area (Å²) in [5, 5.41) is 1.70. The number of hydrogen-bond donors (Lipinski definition) is 2. The van der Waals surface area contributed by atoms with Crippen LogP contribution < -0.4 is 11.1 Å². The number of nitrogens with one attached hydrogen (secondary N) is 1. The number of nitrogens with two attached hydrogens (primary N) is 1. The SMILES string of the molecule is CC(C(=O)NC1CCCC1)S(=O)(=O)c1ccc(N)cc1Br. The van der Waals surface area contributed by atoms with E-state index in [0.29, 0.717) is 10.2 Å². The lowest BCUT2D eigenvalue weighted by molar-refractivity contribution is -0.121. The molecule has 0 spiro atoms. The number of halogens is 1. The summed E-state index contributed by atoms with van der Waals surface area (Å²) in [6, 6.07) is 4.56. The summed E-state index contributed by atoms with van der Waals surface area (Å²) in [5.74, 6) is -0.439. The molecule has 1 aromatic rings.